The molecule has 0 fully saturated rings. The van der Waals surface area contributed by atoms with Crippen LogP contribution >= 0.6 is 0 Å². The largest absolute Gasteiger partial charge is 0.395 e. The SMILES string of the molecule is CN(CCO)C(=O)c1ccc(-c2ccc3ncnc(NCCO)c3c2)cc1. The van der Waals surface area contributed by atoms with Crippen molar-refractivity contribution in [3.63, 3.8) is 0 Å². The van der Waals surface area contributed by atoms with Gasteiger partial charge in [0.05, 0.1) is 18.7 Å². The van der Waals surface area contributed by atoms with Gasteiger partial charge in [-0.05, 0) is 35.4 Å². The number of hydrogen-bond donors (Lipinski definition) is 3. The summed E-state index contributed by atoms with van der Waals surface area (Å²) in [6, 6.07) is 13.2. The lowest BCUT2D eigenvalue weighted by Gasteiger charge is -2.15. The van der Waals surface area contributed by atoms with E-state index in [1.54, 1.807) is 19.2 Å². The number of anilines is 1. The molecule has 0 atom stereocenters. The molecule has 0 bridgehead atoms. The number of nitrogens with one attached hydrogen (secondary N) is 1. The second-order valence-electron chi connectivity index (χ2n) is 6.13. The van der Waals surface area contributed by atoms with E-state index in [4.69, 9.17) is 10.2 Å². The van der Waals surface area contributed by atoms with Gasteiger partial charge in [0, 0.05) is 31.1 Å². The van der Waals surface area contributed by atoms with Crippen LogP contribution in [0, 0.1) is 0 Å². The number of aliphatic hydroxyl groups excluding tert-OH is 2. The quantitative estimate of drug-likeness (QED) is 0.589. The normalized spacial score (nSPS) is 10.8. The van der Waals surface area contributed by atoms with E-state index in [2.05, 4.69) is 15.3 Å². The number of nitrogens with zero attached hydrogens (tertiary/aromatic N) is 3. The summed E-state index contributed by atoms with van der Waals surface area (Å²) in [5.74, 6) is 0.548. The minimum atomic E-state index is -0.127. The average Bonchev–Trinajstić information content (AvgIpc) is 2.71. The Morgan fingerprint density at radius 2 is 1.78 bits per heavy atom. The van der Waals surface area contributed by atoms with E-state index in [0.29, 0.717) is 24.5 Å². The van der Waals surface area contributed by atoms with E-state index in [9.17, 15) is 4.79 Å². The summed E-state index contributed by atoms with van der Waals surface area (Å²) in [5, 5.41) is 21.9. The molecule has 0 spiro atoms. The van der Waals surface area contributed by atoms with Gasteiger partial charge in [0.1, 0.15) is 12.1 Å². The number of fused-ring (bicyclic) bond motifs is 1. The molecule has 0 aliphatic carbocycles. The summed E-state index contributed by atoms with van der Waals surface area (Å²) < 4.78 is 0. The van der Waals surface area contributed by atoms with Gasteiger partial charge in [-0.15, -0.1) is 0 Å². The Balaban J connectivity index is 1.90. The number of likely N-dealkylation sites (N-methyl/N-ethyl adjacent to an activating group) is 1. The molecule has 3 rings (SSSR count). The molecule has 3 N–H and O–H groups in total. The van der Waals surface area contributed by atoms with Gasteiger partial charge in [-0.2, -0.15) is 0 Å². The van der Waals surface area contributed by atoms with Crippen molar-refractivity contribution in [2.45, 2.75) is 0 Å². The average molecular weight is 366 g/mol. The number of carbonyl (C=O) groups excluding carboxylic acids is 1. The molecule has 7 heteroatoms. The number of aliphatic hydroxyl groups is 2. The number of aromatic nitrogens is 2. The molecule has 1 heterocycles. The maximum atomic E-state index is 12.3. The summed E-state index contributed by atoms with van der Waals surface area (Å²) in [4.78, 5) is 22.3. The zero-order valence-electron chi connectivity index (χ0n) is 15.1. The Labute approximate surface area is 157 Å². The molecule has 2 aromatic carbocycles. The first kappa shape index (κ1) is 18.8. The highest BCUT2D eigenvalue weighted by Gasteiger charge is 2.11. The van der Waals surface area contributed by atoms with Crippen LogP contribution in [0.3, 0.4) is 0 Å². The third-order valence-electron chi connectivity index (χ3n) is 4.29. The highest BCUT2D eigenvalue weighted by atomic mass is 16.3. The third-order valence-corrected chi connectivity index (χ3v) is 4.29. The Kier molecular flexibility index (Phi) is 5.95. The van der Waals surface area contributed by atoms with Crippen LogP contribution in [0.25, 0.3) is 22.0 Å². The van der Waals surface area contributed by atoms with E-state index >= 15 is 0 Å². The lowest BCUT2D eigenvalue weighted by molar-refractivity contribution is 0.0767. The van der Waals surface area contributed by atoms with Gasteiger partial charge >= 0.3 is 0 Å². The van der Waals surface area contributed by atoms with E-state index < -0.39 is 0 Å². The van der Waals surface area contributed by atoms with Gasteiger partial charge in [0.2, 0.25) is 0 Å². The summed E-state index contributed by atoms with van der Waals surface area (Å²) >= 11 is 0. The molecule has 0 saturated heterocycles. The smallest absolute Gasteiger partial charge is 0.253 e. The Morgan fingerprint density at radius 3 is 2.48 bits per heavy atom. The standard InChI is InChI=1S/C20H22N4O3/c1-24(9-11-26)20(27)15-4-2-14(3-5-15)16-6-7-18-17(12-16)19(21-8-10-25)23-13-22-18/h2-7,12-13,25-26H,8-11H2,1H3,(H,21,22,23). The fourth-order valence-electron chi connectivity index (χ4n) is 2.83. The van der Waals surface area contributed by atoms with E-state index in [-0.39, 0.29) is 19.1 Å². The van der Waals surface area contributed by atoms with Crippen LogP contribution in [0.5, 0.6) is 0 Å². The van der Waals surface area contributed by atoms with Crippen molar-refractivity contribution in [1.82, 2.24) is 14.9 Å². The predicted octanol–water partition coefficient (Wildman–Crippen LogP) is 1.77. The minimum absolute atomic E-state index is 0.0193. The summed E-state index contributed by atoms with van der Waals surface area (Å²) in [6.45, 7) is 0.668. The van der Waals surface area contributed by atoms with Gasteiger partial charge < -0.3 is 20.4 Å². The van der Waals surface area contributed by atoms with Crippen molar-refractivity contribution in [3.8, 4) is 11.1 Å². The third kappa shape index (κ3) is 4.21. The molecule has 7 nitrogen and oxygen atoms in total. The van der Waals surface area contributed by atoms with Crippen molar-refractivity contribution in [2.75, 3.05) is 38.7 Å². The monoisotopic (exact) mass is 366 g/mol. The summed E-state index contributed by atoms with van der Waals surface area (Å²) in [7, 11) is 1.66. The first-order chi connectivity index (χ1) is 13.1. The molecule has 0 radical (unpaired) electrons. The van der Waals surface area contributed by atoms with Crippen LogP contribution in [-0.4, -0.2) is 64.3 Å². The van der Waals surface area contributed by atoms with Crippen LogP contribution in [-0.2, 0) is 0 Å². The molecular formula is C20H22N4O3. The number of carbonyl (C=O) groups is 1. The molecule has 140 valence electrons. The maximum absolute atomic E-state index is 12.3. The Morgan fingerprint density at radius 1 is 1.04 bits per heavy atom. The van der Waals surface area contributed by atoms with E-state index in [1.807, 2.05) is 30.3 Å². The number of hydrogen-bond acceptors (Lipinski definition) is 6. The van der Waals surface area contributed by atoms with Gasteiger partial charge in [-0.1, -0.05) is 18.2 Å². The highest BCUT2D eigenvalue weighted by Crippen LogP contribution is 2.27. The minimum Gasteiger partial charge on any atom is -0.395 e. The molecule has 1 aromatic heterocycles. The first-order valence-corrected chi connectivity index (χ1v) is 8.70. The van der Waals surface area contributed by atoms with Gasteiger partial charge in [0.15, 0.2) is 0 Å². The van der Waals surface area contributed by atoms with Gasteiger partial charge in [0.25, 0.3) is 5.91 Å². The van der Waals surface area contributed by atoms with Crippen molar-refractivity contribution >= 4 is 22.6 Å². The van der Waals surface area contributed by atoms with Crippen LogP contribution in [0.4, 0.5) is 5.82 Å². The molecule has 1 amide bonds. The molecular weight excluding hydrogens is 344 g/mol. The second-order valence-corrected chi connectivity index (χ2v) is 6.13. The number of amides is 1. The molecule has 0 aliphatic heterocycles. The summed E-state index contributed by atoms with van der Waals surface area (Å²) in [6.07, 6.45) is 1.49. The lowest BCUT2D eigenvalue weighted by Crippen LogP contribution is -2.29. The van der Waals surface area contributed by atoms with Crippen LogP contribution in [0.1, 0.15) is 10.4 Å². The molecule has 0 saturated carbocycles. The Bertz CT molecular complexity index is 928. The highest BCUT2D eigenvalue weighted by molar-refractivity contribution is 5.95. The van der Waals surface area contributed by atoms with Crippen molar-refractivity contribution < 1.29 is 15.0 Å². The molecule has 3 aromatic rings. The van der Waals surface area contributed by atoms with Crippen LogP contribution in [0.2, 0.25) is 0 Å². The Hall–Kier alpha value is -3.03. The number of benzene rings is 2. The topological polar surface area (TPSA) is 98.6 Å². The maximum Gasteiger partial charge on any atom is 0.253 e. The van der Waals surface area contributed by atoms with Crippen LogP contribution < -0.4 is 5.32 Å². The van der Waals surface area contributed by atoms with Crippen molar-refractivity contribution in [2.24, 2.45) is 0 Å². The van der Waals surface area contributed by atoms with Crippen molar-refractivity contribution in [3.05, 3.63) is 54.4 Å². The van der Waals surface area contributed by atoms with Crippen LogP contribution in [0.15, 0.2) is 48.8 Å². The summed E-state index contributed by atoms with van der Waals surface area (Å²) in [5.41, 5.74) is 3.33. The van der Waals surface area contributed by atoms with Gasteiger partial charge in [-0.3, -0.25) is 4.79 Å². The molecule has 0 unspecified atom stereocenters. The van der Waals surface area contributed by atoms with E-state index in [1.165, 1.54) is 11.2 Å². The second kappa shape index (κ2) is 8.57. The fraction of sp³-hybridized carbons (Fsp3) is 0.250. The molecule has 27 heavy (non-hydrogen) atoms. The first-order valence-electron chi connectivity index (χ1n) is 8.70. The van der Waals surface area contributed by atoms with Crippen molar-refractivity contribution in [1.29, 1.82) is 0 Å². The number of rotatable bonds is 7. The zero-order valence-corrected chi connectivity index (χ0v) is 15.1. The molecule has 0 aliphatic rings. The van der Waals surface area contributed by atoms with E-state index in [0.717, 1.165) is 22.0 Å². The lowest BCUT2D eigenvalue weighted by atomic mass is 10.0. The zero-order chi connectivity index (χ0) is 19.2. The predicted molar refractivity (Wildman–Crippen MR) is 105 cm³/mol. The van der Waals surface area contributed by atoms with Gasteiger partial charge in [-0.25, -0.2) is 9.97 Å². The fourth-order valence-corrected chi connectivity index (χ4v) is 2.83.